The molecule has 18 heavy (non-hydrogen) atoms. The van der Waals surface area contributed by atoms with Crippen LogP contribution in [0.2, 0.25) is 10.2 Å². The van der Waals surface area contributed by atoms with E-state index in [2.05, 4.69) is 20.9 Å². The van der Waals surface area contributed by atoms with Gasteiger partial charge in [0.2, 0.25) is 0 Å². The Kier molecular flexibility index (Phi) is 3.66. The molecular weight excluding hydrogens is 343 g/mol. The normalized spacial score (nSPS) is 10.7. The number of hydrogen-bond acceptors (Lipinski definition) is 2. The SMILES string of the molecule is Cc1cc(Br)c(-n2c(=O)cc(Cl)[nH]c2=O)cc1Cl. The zero-order chi connectivity index (χ0) is 13.4. The monoisotopic (exact) mass is 348 g/mol. The summed E-state index contributed by atoms with van der Waals surface area (Å²) >= 11 is 14.9. The van der Waals surface area contributed by atoms with Crippen molar-refractivity contribution >= 4 is 39.1 Å². The molecule has 94 valence electrons. The fraction of sp³-hybridized carbons (Fsp3) is 0.0909. The molecule has 1 N–H and O–H groups in total. The lowest BCUT2D eigenvalue weighted by atomic mass is 10.2. The molecule has 1 aromatic heterocycles. The Hall–Kier alpha value is -1.04. The van der Waals surface area contributed by atoms with Crippen LogP contribution in [0.15, 0.2) is 32.3 Å². The number of nitrogens with zero attached hydrogens (tertiary/aromatic N) is 1. The number of nitrogens with one attached hydrogen (secondary N) is 1. The molecule has 0 aliphatic carbocycles. The average Bonchev–Trinajstić information content (AvgIpc) is 2.24. The highest BCUT2D eigenvalue weighted by atomic mass is 79.9. The van der Waals surface area contributed by atoms with Gasteiger partial charge in [0.25, 0.3) is 5.56 Å². The maximum Gasteiger partial charge on any atom is 0.334 e. The fourth-order valence-corrected chi connectivity index (χ4v) is 2.47. The van der Waals surface area contributed by atoms with Gasteiger partial charge in [-0.15, -0.1) is 0 Å². The highest BCUT2D eigenvalue weighted by Crippen LogP contribution is 2.26. The van der Waals surface area contributed by atoms with Gasteiger partial charge in [-0.2, -0.15) is 0 Å². The van der Waals surface area contributed by atoms with Gasteiger partial charge < -0.3 is 0 Å². The van der Waals surface area contributed by atoms with Crippen molar-refractivity contribution in [3.8, 4) is 5.69 Å². The molecule has 0 aliphatic heterocycles. The Morgan fingerprint density at radius 3 is 2.50 bits per heavy atom. The number of aryl methyl sites for hydroxylation is 1. The molecule has 0 saturated heterocycles. The van der Waals surface area contributed by atoms with Gasteiger partial charge in [-0.3, -0.25) is 9.78 Å². The van der Waals surface area contributed by atoms with Gasteiger partial charge in [0, 0.05) is 15.6 Å². The zero-order valence-electron chi connectivity index (χ0n) is 9.13. The Bertz CT molecular complexity index is 706. The van der Waals surface area contributed by atoms with Crippen molar-refractivity contribution in [3.63, 3.8) is 0 Å². The maximum atomic E-state index is 11.8. The van der Waals surface area contributed by atoms with Gasteiger partial charge in [0.1, 0.15) is 5.15 Å². The van der Waals surface area contributed by atoms with E-state index in [9.17, 15) is 9.59 Å². The quantitative estimate of drug-likeness (QED) is 0.805. The molecule has 1 heterocycles. The van der Waals surface area contributed by atoms with Crippen molar-refractivity contribution < 1.29 is 0 Å². The van der Waals surface area contributed by atoms with Crippen LogP contribution < -0.4 is 11.2 Å². The summed E-state index contributed by atoms with van der Waals surface area (Å²) < 4.78 is 1.56. The van der Waals surface area contributed by atoms with Gasteiger partial charge in [0.05, 0.1) is 5.69 Å². The minimum atomic E-state index is -0.617. The summed E-state index contributed by atoms with van der Waals surface area (Å²) in [7, 11) is 0. The number of halogens is 3. The zero-order valence-corrected chi connectivity index (χ0v) is 12.2. The Labute approximate surface area is 120 Å². The molecule has 0 bridgehead atoms. The molecule has 4 nitrogen and oxygen atoms in total. The Morgan fingerprint density at radius 1 is 1.22 bits per heavy atom. The molecule has 0 unspecified atom stereocenters. The third-order valence-electron chi connectivity index (χ3n) is 2.37. The molecule has 0 atom stereocenters. The number of aromatic amines is 1. The first kappa shape index (κ1) is 13.4. The third-order valence-corrected chi connectivity index (χ3v) is 3.61. The third kappa shape index (κ3) is 2.39. The van der Waals surface area contributed by atoms with Crippen molar-refractivity contribution in [1.82, 2.24) is 9.55 Å². The van der Waals surface area contributed by atoms with Gasteiger partial charge in [-0.1, -0.05) is 23.2 Å². The molecule has 0 fully saturated rings. The molecule has 0 amide bonds. The van der Waals surface area contributed by atoms with Crippen LogP contribution in [-0.4, -0.2) is 9.55 Å². The lowest BCUT2D eigenvalue weighted by Gasteiger charge is -2.09. The van der Waals surface area contributed by atoms with E-state index in [4.69, 9.17) is 23.2 Å². The predicted molar refractivity (Wildman–Crippen MR) is 75.1 cm³/mol. The van der Waals surface area contributed by atoms with Crippen molar-refractivity contribution in [2.24, 2.45) is 0 Å². The second-order valence-corrected chi connectivity index (χ2v) is 5.32. The molecule has 0 saturated carbocycles. The lowest BCUT2D eigenvalue weighted by molar-refractivity contribution is 0.872. The minimum Gasteiger partial charge on any atom is -0.297 e. The maximum absolute atomic E-state index is 11.8. The topological polar surface area (TPSA) is 54.9 Å². The van der Waals surface area contributed by atoms with Crippen LogP contribution in [0.1, 0.15) is 5.56 Å². The largest absolute Gasteiger partial charge is 0.334 e. The van der Waals surface area contributed by atoms with E-state index in [1.165, 1.54) is 0 Å². The highest BCUT2D eigenvalue weighted by Gasteiger charge is 2.11. The van der Waals surface area contributed by atoms with E-state index in [0.29, 0.717) is 15.2 Å². The Morgan fingerprint density at radius 2 is 1.89 bits per heavy atom. The molecule has 2 aromatic rings. The van der Waals surface area contributed by atoms with E-state index in [1.807, 2.05) is 6.92 Å². The van der Waals surface area contributed by atoms with Gasteiger partial charge in [-0.05, 0) is 40.5 Å². The van der Waals surface area contributed by atoms with Crippen LogP contribution in [0.25, 0.3) is 5.69 Å². The van der Waals surface area contributed by atoms with Crippen molar-refractivity contribution in [1.29, 1.82) is 0 Å². The van der Waals surface area contributed by atoms with E-state index >= 15 is 0 Å². The number of benzene rings is 1. The first-order valence-electron chi connectivity index (χ1n) is 4.88. The van der Waals surface area contributed by atoms with Gasteiger partial charge in [0.15, 0.2) is 0 Å². The summed E-state index contributed by atoms with van der Waals surface area (Å²) in [4.78, 5) is 25.9. The summed E-state index contributed by atoms with van der Waals surface area (Å²) in [5.41, 5.74) is 0.0664. The standard InChI is InChI=1S/C11H7BrCl2N2O2/c1-5-2-6(12)8(3-7(5)13)16-10(17)4-9(14)15-11(16)18/h2-4H,1H3,(H,15,18). The average molecular weight is 350 g/mol. The van der Waals surface area contributed by atoms with Gasteiger partial charge >= 0.3 is 5.69 Å². The predicted octanol–water partition coefficient (Wildman–Crippen LogP) is 2.90. The first-order chi connectivity index (χ1) is 8.40. The summed E-state index contributed by atoms with van der Waals surface area (Å²) in [5, 5.41) is 0.463. The van der Waals surface area contributed by atoms with Crippen molar-refractivity contribution in [3.05, 3.63) is 59.2 Å². The van der Waals surface area contributed by atoms with Gasteiger partial charge in [-0.25, -0.2) is 9.36 Å². The lowest BCUT2D eigenvalue weighted by Crippen LogP contribution is -2.33. The van der Waals surface area contributed by atoms with Crippen molar-refractivity contribution in [2.75, 3.05) is 0 Å². The number of hydrogen-bond donors (Lipinski definition) is 1. The first-order valence-corrected chi connectivity index (χ1v) is 6.43. The number of H-pyrrole nitrogens is 1. The number of rotatable bonds is 1. The fourth-order valence-electron chi connectivity index (χ4n) is 1.50. The van der Waals surface area contributed by atoms with Crippen LogP contribution in [0, 0.1) is 6.92 Å². The number of aromatic nitrogens is 2. The van der Waals surface area contributed by atoms with Crippen LogP contribution in [0.5, 0.6) is 0 Å². The van der Waals surface area contributed by atoms with Crippen molar-refractivity contribution in [2.45, 2.75) is 6.92 Å². The minimum absolute atomic E-state index is 0.00409. The molecule has 0 spiro atoms. The molecule has 0 aliphatic rings. The molecular formula is C11H7BrCl2N2O2. The van der Waals surface area contributed by atoms with Crippen LogP contribution >= 0.6 is 39.1 Å². The molecule has 2 rings (SSSR count). The molecule has 1 aromatic carbocycles. The van der Waals surface area contributed by atoms with E-state index in [0.717, 1.165) is 16.2 Å². The summed E-state index contributed by atoms with van der Waals surface area (Å²) in [6.07, 6.45) is 0. The van der Waals surface area contributed by atoms with Crippen LogP contribution in [-0.2, 0) is 0 Å². The van der Waals surface area contributed by atoms with E-state index in [-0.39, 0.29) is 5.15 Å². The van der Waals surface area contributed by atoms with Crippen LogP contribution in [0.3, 0.4) is 0 Å². The second kappa shape index (κ2) is 4.91. The summed E-state index contributed by atoms with van der Waals surface area (Å²) in [6, 6.07) is 4.41. The van der Waals surface area contributed by atoms with Crippen LogP contribution in [0.4, 0.5) is 0 Å². The second-order valence-electron chi connectivity index (χ2n) is 3.65. The highest BCUT2D eigenvalue weighted by molar-refractivity contribution is 9.10. The molecule has 0 radical (unpaired) electrons. The Balaban J connectivity index is 2.82. The van der Waals surface area contributed by atoms with E-state index in [1.54, 1.807) is 12.1 Å². The summed E-state index contributed by atoms with van der Waals surface area (Å²) in [6.45, 7) is 1.83. The molecule has 7 heteroatoms. The smallest absolute Gasteiger partial charge is 0.297 e. The summed E-state index contributed by atoms with van der Waals surface area (Å²) in [5.74, 6) is 0. The van der Waals surface area contributed by atoms with E-state index < -0.39 is 11.2 Å².